The Bertz CT molecular complexity index is 839. The van der Waals surface area contributed by atoms with Crippen molar-refractivity contribution in [1.29, 1.82) is 5.26 Å². The van der Waals surface area contributed by atoms with Crippen LogP contribution in [0.1, 0.15) is 5.56 Å². The molecule has 0 aliphatic rings. The van der Waals surface area contributed by atoms with Gasteiger partial charge in [0.2, 0.25) is 0 Å². The topological polar surface area (TPSA) is 76.4 Å². The summed E-state index contributed by atoms with van der Waals surface area (Å²) in [4.78, 5) is -1.19. The highest BCUT2D eigenvalue weighted by molar-refractivity contribution is 7.87. The van der Waals surface area contributed by atoms with Crippen LogP contribution in [0.15, 0.2) is 41.3 Å². The summed E-state index contributed by atoms with van der Waals surface area (Å²) in [6, 6.07) is 8.15. The molecule has 0 unspecified atom stereocenters. The van der Waals surface area contributed by atoms with Gasteiger partial charge in [0.05, 0.1) is 18.7 Å². The van der Waals surface area contributed by atoms with E-state index in [0.717, 1.165) is 24.3 Å². The van der Waals surface area contributed by atoms with Crippen molar-refractivity contribution in [2.45, 2.75) is 4.90 Å². The molecule has 22 heavy (non-hydrogen) atoms. The van der Waals surface area contributed by atoms with E-state index in [1.165, 1.54) is 19.2 Å². The molecule has 0 atom stereocenters. The van der Waals surface area contributed by atoms with Gasteiger partial charge in [0.1, 0.15) is 11.6 Å². The van der Waals surface area contributed by atoms with Crippen LogP contribution in [0.4, 0.5) is 8.78 Å². The Morgan fingerprint density at radius 1 is 1.09 bits per heavy atom. The lowest BCUT2D eigenvalue weighted by Gasteiger charge is -2.11. The van der Waals surface area contributed by atoms with Gasteiger partial charge in [-0.25, -0.2) is 8.78 Å². The van der Waals surface area contributed by atoms with Gasteiger partial charge >= 0.3 is 10.1 Å². The normalized spacial score (nSPS) is 10.8. The minimum atomic E-state index is -4.74. The number of nitriles is 1. The maximum atomic E-state index is 13.6. The van der Waals surface area contributed by atoms with Crippen LogP contribution in [-0.4, -0.2) is 15.5 Å². The Balaban J connectivity index is 2.48. The number of hydrogen-bond acceptors (Lipinski definition) is 5. The molecular formula is C14H9F2NO4S. The van der Waals surface area contributed by atoms with Crippen LogP contribution in [0.3, 0.4) is 0 Å². The van der Waals surface area contributed by atoms with E-state index in [2.05, 4.69) is 0 Å². The molecule has 5 nitrogen and oxygen atoms in total. The lowest BCUT2D eigenvalue weighted by Crippen LogP contribution is -2.14. The van der Waals surface area contributed by atoms with Crippen molar-refractivity contribution in [1.82, 2.24) is 0 Å². The molecule has 0 radical (unpaired) electrons. The molecule has 0 aliphatic carbocycles. The highest BCUT2D eigenvalue weighted by atomic mass is 32.2. The largest absolute Gasteiger partial charge is 0.493 e. The zero-order valence-corrected chi connectivity index (χ0v) is 12.0. The highest BCUT2D eigenvalue weighted by Crippen LogP contribution is 2.31. The van der Waals surface area contributed by atoms with E-state index in [4.69, 9.17) is 14.2 Å². The predicted octanol–water partition coefficient (Wildman–Crippen LogP) is 2.61. The van der Waals surface area contributed by atoms with E-state index >= 15 is 0 Å². The van der Waals surface area contributed by atoms with E-state index in [9.17, 15) is 17.2 Å². The van der Waals surface area contributed by atoms with Crippen LogP contribution in [0.2, 0.25) is 0 Å². The first-order valence-electron chi connectivity index (χ1n) is 5.85. The van der Waals surface area contributed by atoms with E-state index in [-0.39, 0.29) is 17.1 Å². The van der Waals surface area contributed by atoms with Gasteiger partial charge in [-0.15, -0.1) is 0 Å². The molecule has 0 spiro atoms. The molecule has 0 saturated heterocycles. The molecule has 0 bridgehead atoms. The van der Waals surface area contributed by atoms with E-state index in [1.54, 1.807) is 0 Å². The molecule has 2 rings (SSSR count). The average molecular weight is 325 g/mol. The lowest BCUT2D eigenvalue weighted by molar-refractivity contribution is 0.388. The number of halogens is 2. The summed E-state index contributed by atoms with van der Waals surface area (Å²) in [5, 5.41) is 8.77. The van der Waals surface area contributed by atoms with Crippen LogP contribution >= 0.6 is 0 Å². The molecule has 0 aliphatic heterocycles. The number of hydrogen-bond donors (Lipinski definition) is 0. The number of rotatable bonds is 4. The molecule has 0 aromatic heterocycles. The predicted molar refractivity (Wildman–Crippen MR) is 71.9 cm³/mol. The summed E-state index contributed by atoms with van der Waals surface area (Å²) in [6.07, 6.45) is 0. The molecule has 0 amide bonds. The van der Waals surface area contributed by atoms with Crippen LogP contribution in [-0.2, 0) is 10.1 Å². The molecule has 0 heterocycles. The first-order valence-corrected chi connectivity index (χ1v) is 7.26. The monoisotopic (exact) mass is 325 g/mol. The summed E-state index contributed by atoms with van der Waals surface area (Å²) < 4.78 is 60.9. The molecular weight excluding hydrogens is 316 g/mol. The summed E-state index contributed by atoms with van der Waals surface area (Å²) in [5.74, 6) is -2.89. The van der Waals surface area contributed by atoms with Gasteiger partial charge in [-0.3, -0.25) is 0 Å². The van der Waals surface area contributed by atoms with Gasteiger partial charge in [0, 0.05) is 6.07 Å². The minimum Gasteiger partial charge on any atom is -0.493 e. The van der Waals surface area contributed by atoms with Gasteiger partial charge in [-0.1, -0.05) is 6.07 Å². The quantitative estimate of drug-likeness (QED) is 0.808. The van der Waals surface area contributed by atoms with E-state index in [0.29, 0.717) is 0 Å². The third-order valence-electron chi connectivity index (χ3n) is 2.66. The van der Waals surface area contributed by atoms with Crippen molar-refractivity contribution in [2.75, 3.05) is 7.11 Å². The smallest absolute Gasteiger partial charge is 0.345 e. The Morgan fingerprint density at radius 3 is 2.27 bits per heavy atom. The Labute approximate surface area is 125 Å². The first-order chi connectivity index (χ1) is 10.4. The van der Waals surface area contributed by atoms with Crippen LogP contribution in [0, 0.1) is 23.0 Å². The van der Waals surface area contributed by atoms with E-state index in [1.807, 2.05) is 6.07 Å². The Kier molecular flexibility index (Phi) is 4.28. The van der Waals surface area contributed by atoms with Gasteiger partial charge in [0.15, 0.2) is 16.4 Å². The Hall–Kier alpha value is -2.66. The maximum absolute atomic E-state index is 13.6. The van der Waals surface area contributed by atoms with Crippen molar-refractivity contribution in [3.63, 3.8) is 0 Å². The average Bonchev–Trinajstić information content (AvgIpc) is 2.46. The molecule has 114 valence electrons. The van der Waals surface area contributed by atoms with Gasteiger partial charge in [-0.05, 0) is 24.3 Å². The zero-order chi connectivity index (χ0) is 16.3. The van der Waals surface area contributed by atoms with Crippen LogP contribution < -0.4 is 8.92 Å². The maximum Gasteiger partial charge on any atom is 0.345 e. The summed E-state index contributed by atoms with van der Waals surface area (Å²) >= 11 is 0. The molecule has 0 N–H and O–H groups in total. The standard InChI is InChI=1S/C14H9F2NO4S/c1-20-13-7-9(8-17)5-6-12(13)21-22(18,19)14-10(15)3-2-4-11(14)16/h2-7H,1H3. The SMILES string of the molecule is COc1cc(C#N)ccc1OS(=O)(=O)c1c(F)cccc1F. The van der Waals surface area contributed by atoms with Gasteiger partial charge < -0.3 is 8.92 Å². The number of ether oxygens (including phenoxy) is 1. The Morgan fingerprint density at radius 2 is 1.73 bits per heavy atom. The van der Waals surface area contributed by atoms with Crippen molar-refractivity contribution in [3.05, 3.63) is 53.6 Å². The fraction of sp³-hybridized carbons (Fsp3) is 0.0714. The van der Waals surface area contributed by atoms with Gasteiger partial charge in [0.25, 0.3) is 0 Å². The second-order valence-corrected chi connectivity index (χ2v) is 5.55. The molecule has 2 aromatic carbocycles. The fourth-order valence-corrected chi connectivity index (χ4v) is 2.76. The second kappa shape index (κ2) is 5.99. The van der Waals surface area contributed by atoms with Crippen molar-refractivity contribution < 1.29 is 26.1 Å². The number of methoxy groups -OCH3 is 1. The minimum absolute atomic E-state index is 0.0561. The number of benzene rings is 2. The van der Waals surface area contributed by atoms with Crippen molar-refractivity contribution in [3.8, 4) is 17.6 Å². The number of nitrogens with zero attached hydrogens (tertiary/aromatic N) is 1. The summed E-state index contributed by atoms with van der Waals surface area (Å²) in [5.41, 5.74) is 0.207. The second-order valence-electron chi connectivity index (χ2n) is 4.07. The third-order valence-corrected chi connectivity index (χ3v) is 3.95. The molecule has 0 saturated carbocycles. The van der Waals surface area contributed by atoms with E-state index < -0.39 is 26.6 Å². The third kappa shape index (κ3) is 2.99. The van der Waals surface area contributed by atoms with Crippen LogP contribution in [0.25, 0.3) is 0 Å². The van der Waals surface area contributed by atoms with Crippen molar-refractivity contribution in [2.24, 2.45) is 0 Å². The fourth-order valence-electron chi connectivity index (χ4n) is 1.69. The summed E-state index contributed by atoms with van der Waals surface area (Å²) in [6.45, 7) is 0. The summed E-state index contributed by atoms with van der Waals surface area (Å²) in [7, 11) is -3.50. The molecule has 0 fully saturated rings. The zero-order valence-electron chi connectivity index (χ0n) is 11.2. The van der Waals surface area contributed by atoms with Crippen LogP contribution in [0.5, 0.6) is 11.5 Å². The highest BCUT2D eigenvalue weighted by Gasteiger charge is 2.27. The van der Waals surface area contributed by atoms with Gasteiger partial charge in [-0.2, -0.15) is 13.7 Å². The van der Waals surface area contributed by atoms with Crippen molar-refractivity contribution >= 4 is 10.1 Å². The molecule has 2 aromatic rings. The first kappa shape index (κ1) is 15.7. The lowest BCUT2D eigenvalue weighted by atomic mass is 10.2. The molecule has 8 heteroatoms.